The van der Waals surface area contributed by atoms with Crippen molar-refractivity contribution in [1.29, 1.82) is 0 Å². The molecule has 0 saturated heterocycles. The zero-order valence-corrected chi connectivity index (χ0v) is 14.8. The number of hydrogen-bond acceptors (Lipinski definition) is 5. The molecule has 2 aromatic carbocycles. The highest BCUT2D eigenvalue weighted by atomic mass is 32.1. The van der Waals surface area contributed by atoms with E-state index in [9.17, 15) is 4.79 Å². The van der Waals surface area contributed by atoms with Gasteiger partial charge in [0.1, 0.15) is 6.61 Å². The summed E-state index contributed by atoms with van der Waals surface area (Å²) < 4.78 is 5.29. The van der Waals surface area contributed by atoms with Gasteiger partial charge < -0.3 is 10.5 Å². The number of nitrogens with two attached hydrogens (primary N) is 1. The van der Waals surface area contributed by atoms with Gasteiger partial charge in [-0.1, -0.05) is 54.6 Å². The Balaban J connectivity index is 1.56. The Labute approximate surface area is 151 Å². The van der Waals surface area contributed by atoms with Crippen LogP contribution in [-0.4, -0.2) is 11.0 Å². The predicted molar refractivity (Wildman–Crippen MR) is 100 cm³/mol. The fraction of sp³-hybridized carbons (Fsp3) is 0.200. The Hall–Kier alpha value is -2.50. The number of hydrogen-bond donors (Lipinski definition) is 1. The van der Waals surface area contributed by atoms with E-state index in [0.29, 0.717) is 0 Å². The lowest BCUT2D eigenvalue weighted by molar-refractivity contribution is -0.145. The van der Waals surface area contributed by atoms with Gasteiger partial charge in [0, 0.05) is 6.04 Å². The standard InChI is InChI=1S/C20H20N2O2S/c1-14-20(25-13-22-14)17-9-7-16(8-10-17)18(21)11-19(23)24-12-15-5-3-2-4-6-15/h2-10,13,18H,11-12,21H2,1H3/t18-/m1/s1. The summed E-state index contributed by atoms with van der Waals surface area (Å²) in [4.78, 5) is 17.4. The van der Waals surface area contributed by atoms with Gasteiger partial charge in [-0.15, -0.1) is 11.3 Å². The molecule has 0 saturated carbocycles. The second kappa shape index (κ2) is 8.05. The summed E-state index contributed by atoms with van der Waals surface area (Å²) in [7, 11) is 0. The number of aromatic nitrogens is 1. The molecule has 0 aliphatic carbocycles. The van der Waals surface area contributed by atoms with Gasteiger partial charge in [-0.25, -0.2) is 4.98 Å². The van der Waals surface area contributed by atoms with Crippen molar-refractivity contribution >= 4 is 17.3 Å². The lowest BCUT2D eigenvalue weighted by Crippen LogP contribution is -2.17. The summed E-state index contributed by atoms with van der Waals surface area (Å²) in [6.07, 6.45) is 0.158. The van der Waals surface area contributed by atoms with Crippen LogP contribution in [0, 0.1) is 6.92 Å². The lowest BCUT2D eigenvalue weighted by Gasteiger charge is -2.12. The van der Waals surface area contributed by atoms with Gasteiger partial charge in [0.05, 0.1) is 22.5 Å². The fourth-order valence-electron chi connectivity index (χ4n) is 2.56. The summed E-state index contributed by atoms with van der Waals surface area (Å²) in [5.41, 5.74) is 12.0. The van der Waals surface area contributed by atoms with Gasteiger partial charge >= 0.3 is 5.97 Å². The van der Waals surface area contributed by atoms with E-state index in [1.165, 1.54) is 0 Å². The molecule has 2 N–H and O–H groups in total. The van der Waals surface area contributed by atoms with E-state index in [1.54, 1.807) is 11.3 Å². The molecule has 1 heterocycles. The molecule has 0 radical (unpaired) electrons. The van der Waals surface area contributed by atoms with Crippen LogP contribution in [0.1, 0.15) is 29.3 Å². The Kier molecular flexibility index (Phi) is 5.58. The van der Waals surface area contributed by atoms with Gasteiger partial charge in [-0.2, -0.15) is 0 Å². The molecule has 1 aromatic heterocycles. The van der Waals surface area contributed by atoms with Crippen LogP contribution in [0.15, 0.2) is 60.1 Å². The van der Waals surface area contributed by atoms with Crippen LogP contribution in [0.3, 0.4) is 0 Å². The number of rotatable bonds is 6. The van der Waals surface area contributed by atoms with E-state index in [1.807, 2.05) is 67.0 Å². The monoisotopic (exact) mass is 352 g/mol. The molecule has 0 aliphatic heterocycles. The third kappa shape index (κ3) is 4.53. The summed E-state index contributed by atoms with van der Waals surface area (Å²) in [6.45, 7) is 2.27. The first kappa shape index (κ1) is 17.3. The zero-order chi connectivity index (χ0) is 17.6. The van der Waals surface area contributed by atoms with Crippen molar-refractivity contribution in [2.45, 2.75) is 26.0 Å². The fourth-order valence-corrected chi connectivity index (χ4v) is 3.37. The maximum Gasteiger partial charge on any atom is 0.308 e. The van der Waals surface area contributed by atoms with E-state index in [4.69, 9.17) is 10.5 Å². The average Bonchev–Trinajstić information content (AvgIpc) is 3.07. The number of ether oxygens (including phenoxy) is 1. The van der Waals surface area contributed by atoms with E-state index < -0.39 is 0 Å². The minimum atomic E-state index is -0.375. The first-order chi connectivity index (χ1) is 12.1. The van der Waals surface area contributed by atoms with Gasteiger partial charge in [0.2, 0.25) is 0 Å². The summed E-state index contributed by atoms with van der Waals surface area (Å²) in [5, 5.41) is 0. The molecule has 0 amide bonds. The first-order valence-electron chi connectivity index (χ1n) is 8.09. The lowest BCUT2D eigenvalue weighted by atomic mass is 10.0. The number of nitrogens with zero attached hydrogens (tertiary/aromatic N) is 1. The number of carbonyl (C=O) groups excluding carboxylic acids is 1. The van der Waals surface area contributed by atoms with Crippen molar-refractivity contribution in [2.24, 2.45) is 5.73 Å². The quantitative estimate of drug-likeness (QED) is 0.674. The maximum absolute atomic E-state index is 12.0. The molecule has 3 aromatic rings. The van der Waals surface area contributed by atoms with Crippen LogP contribution < -0.4 is 5.73 Å². The molecule has 0 bridgehead atoms. The summed E-state index contributed by atoms with van der Waals surface area (Å²) in [6, 6.07) is 17.2. The van der Waals surface area contributed by atoms with Crippen molar-refractivity contribution < 1.29 is 9.53 Å². The van der Waals surface area contributed by atoms with Gasteiger partial charge in [0.15, 0.2) is 0 Å². The Morgan fingerprint density at radius 2 is 1.88 bits per heavy atom. The maximum atomic E-state index is 12.0. The van der Waals surface area contributed by atoms with Gasteiger partial charge in [-0.05, 0) is 23.6 Å². The number of thiazole rings is 1. The highest BCUT2D eigenvalue weighted by molar-refractivity contribution is 7.13. The molecular weight excluding hydrogens is 332 g/mol. The largest absolute Gasteiger partial charge is 0.461 e. The van der Waals surface area contributed by atoms with Gasteiger partial charge in [-0.3, -0.25) is 4.79 Å². The number of benzene rings is 2. The molecule has 4 nitrogen and oxygen atoms in total. The second-order valence-corrected chi connectivity index (χ2v) is 6.70. The normalized spacial score (nSPS) is 11.9. The minimum Gasteiger partial charge on any atom is -0.461 e. The smallest absolute Gasteiger partial charge is 0.308 e. The number of carbonyl (C=O) groups is 1. The Morgan fingerprint density at radius 1 is 1.16 bits per heavy atom. The molecule has 3 rings (SSSR count). The third-order valence-corrected chi connectivity index (χ3v) is 4.95. The second-order valence-electron chi connectivity index (χ2n) is 5.85. The topological polar surface area (TPSA) is 65.2 Å². The highest BCUT2D eigenvalue weighted by Crippen LogP contribution is 2.28. The van der Waals surface area contributed by atoms with Crippen LogP contribution in [0.5, 0.6) is 0 Å². The molecule has 0 aliphatic rings. The molecule has 0 spiro atoms. The Bertz CT molecular complexity index is 828. The molecule has 0 fully saturated rings. The zero-order valence-electron chi connectivity index (χ0n) is 14.0. The predicted octanol–water partition coefficient (Wildman–Crippen LogP) is 4.25. The van der Waals surface area contributed by atoms with Crippen molar-refractivity contribution in [1.82, 2.24) is 4.98 Å². The number of aryl methyl sites for hydroxylation is 1. The molecular formula is C20H20N2O2S. The minimum absolute atomic E-state index is 0.158. The van der Waals surface area contributed by atoms with E-state index in [2.05, 4.69) is 4.98 Å². The van der Waals surface area contributed by atoms with Crippen molar-refractivity contribution in [3.8, 4) is 10.4 Å². The van der Waals surface area contributed by atoms with E-state index >= 15 is 0 Å². The van der Waals surface area contributed by atoms with Crippen molar-refractivity contribution in [2.75, 3.05) is 0 Å². The molecule has 1 atom stereocenters. The number of esters is 1. The van der Waals surface area contributed by atoms with E-state index in [-0.39, 0.29) is 25.0 Å². The van der Waals surface area contributed by atoms with Crippen molar-refractivity contribution in [3.05, 3.63) is 76.9 Å². The summed E-state index contributed by atoms with van der Waals surface area (Å²) >= 11 is 1.62. The SMILES string of the molecule is Cc1ncsc1-c1ccc([C@H](N)CC(=O)OCc2ccccc2)cc1. The summed E-state index contributed by atoms with van der Waals surface area (Å²) in [5.74, 6) is -0.293. The third-order valence-electron chi connectivity index (χ3n) is 3.98. The highest BCUT2D eigenvalue weighted by Gasteiger charge is 2.14. The van der Waals surface area contributed by atoms with Crippen LogP contribution in [0.25, 0.3) is 10.4 Å². The van der Waals surface area contributed by atoms with Crippen LogP contribution in [-0.2, 0) is 16.1 Å². The first-order valence-corrected chi connectivity index (χ1v) is 8.97. The van der Waals surface area contributed by atoms with Crippen LogP contribution in [0.2, 0.25) is 0 Å². The average molecular weight is 352 g/mol. The molecule has 0 unspecified atom stereocenters. The molecule has 128 valence electrons. The molecule has 5 heteroatoms. The van der Waals surface area contributed by atoms with Crippen LogP contribution in [0.4, 0.5) is 0 Å². The van der Waals surface area contributed by atoms with Gasteiger partial charge in [0.25, 0.3) is 0 Å². The van der Waals surface area contributed by atoms with Crippen molar-refractivity contribution in [3.63, 3.8) is 0 Å². The molecule has 25 heavy (non-hydrogen) atoms. The van der Waals surface area contributed by atoms with Crippen LogP contribution >= 0.6 is 11.3 Å². The van der Waals surface area contributed by atoms with E-state index in [0.717, 1.165) is 27.3 Å². The Morgan fingerprint density at radius 3 is 2.52 bits per heavy atom.